The van der Waals surface area contributed by atoms with Crippen molar-refractivity contribution in [3.8, 4) is 11.5 Å². The van der Waals surface area contributed by atoms with Gasteiger partial charge in [-0.2, -0.15) is 0 Å². The number of furan rings is 1. The van der Waals surface area contributed by atoms with E-state index >= 15 is 0 Å². The monoisotopic (exact) mass is 313 g/mol. The molecular weight excluding hydrogens is 294 g/mol. The lowest BCUT2D eigenvalue weighted by Crippen LogP contribution is -2.41. The molecule has 0 aliphatic heterocycles. The third-order valence-electron chi connectivity index (χ3n) is 2.88. The van der Waals surface area contributed by atoms with Gasteiger partial charge in [0.15, 0.2) is 11.5 Å². The molecule has 3 N–H and O–H groups in total. The molecule has 0 spiro atoms. The van der Waals surface area contributed by atoms with Gasteiger partial charge in [-0.25, -0.2) is 0 Å². The first-order valence-corrected chi connectivity index (χ1v) is 6.61. The normalized spacial score (nSPS) is 12.0. The van der Waals surface area contributed by atoms with Gasteiger partial charge in [0.05, 0.1) is 6.26 Å². The van der Waals surface area contributed by atoms with Gasteiger partial charge in [0.2, 0.25) is 5.76 Å². The van der Waals surface area contributed by atoms with Gasteiger partial charge >= 0.3 is 0 Å². The second kappa shape index (κ2) is 7.85. The number of hydrogen-bond donors (Lipinski definition) is 2. The lowest BCUT2D eigenvalue weighted by molar-refractivity contribution is 0.0924. The van der Waals surface area contributed by atoms with Gasteiger partial charge < -0.3 is 20.0 Å². The summed E-state index contributed by atoms with van der Waals surface area (Å²) in [5, 5.41) is 6.61. The molecule has 21 heavy (non-hydrogen) atoms. The van der Waals surface area contributed by atoms with Crippen LogP contribution in [0.4, 0.5) is 0 Å². The number of rotatable bonds is 6. The Bertz CT molecular complexity index is 552. The van der Waals surface area contributed by atoms with E-state index in [9.17, 15) is 4.79 Å². The number of hydrogen-bond acceptors (Lipinski definition) is 5. The molecule has 0 saturated heterocycles. The molecule has 2 aromatic rings. The largest absolute Gasteiger partial charge is 0.461 e. The highest BCUT2D eigenvalue weighted by Crippen LogP contribution is 2.20. The third-order valence-corrected chi connectivity index (χ3v) is 2.88. The lowest BCUT2D eigenvalue weighted by Gasteiger charge is -2.17. The quantitative estimate of drug-likeness (QED) is 0.854. The Hall–Kier alpha value is -1.79. The highest BCUT2D eigenvalue weighted by Gasteiger charge is 2.18. The molecule has 0 saturated carbocycles. The number of amides is 1. The number of nitrogens with two attached hydrogens (primary N) is 1. The Kier molecular flexibility index (Phi) is 6.45. The predicted molar refractivity (Wildman–Crippen MR) is 81.2 cm³/mol. The Labute approximate surface area is 129 Å². The second-order valence-corrected chi connectivity index (χ2v) is 5.09. The molecule has 0 aliphatic rings. The van der Waals surface area contributed by atoms with E-state index in [0.717, 1.165) is 6.42 Å². The molecule has 0 aliphatic carbocycles. The maximum Gasteiger partial charge on any atom is 0.273 e. The zero-order valence-corrected chi connectivity index (χ0v) is 12.9. The van der Waals surface area contributed by atoms with E-state index in [1.165, 1.54) is 6.26 Å². The lowest BCUT2D eigenvalue weighted by atomic mass is 10.0. The van der Waals surface area contributed by atoms with Crippen molar-refractivity contribution in [3.05, 3.63) is 30.2 Å². The molecule has 0 radical (unpaired) electrons. The molecule has 1 unspecified atom stereocenters. The molecule has 2 rings (SSSR count). The van der Waals surface area contributed by atoms with Gasteiger partial charge in [0.25, 0.3) is 5.91 Å². The van der Waals surface area contributed by atoms with E-state index in [1.807, 2.05) is 0 Å². The third kappa shape index (κ3) is 4.61. The summed E-state index contributed by atoms with van der Waals surface area (Å²) in [6.45, 7) is 4.56. The molecule has 6 nitrogen and oxygen atoms in total. The minimum atomic E-state index is -0.289. The molecule has 2 aromatic heterocycles. The standard InChI is InChI=1S/C14H19N3O3.ClH/c1-9(2)6-10(8-15)16-14(18)11-7-13(20-17-11)12-4-3-5-19-12;/h3-5,7,9-10H,6,8,15H2,1-2H3,(H,16,18);1H. The fourth-order valence-electron chi connectivity index (χ4n) is 1.96. The molecular formula is C14H20ClN3O3. The van der Waals surface area contributed by atoms with Crippen molar-refractivity contribution < 1.29 is 13.7 Å². The van der Waals surface area contributed by atoms with Crippen LogP contribution in [-0.2, 0) is 0 Å². The average molecular weight is 314 g/mol. The van der Waals surface area contributed by atoms with Crippen molar-refractivity contribution in [2.75, 3.05) is 6.54 Å². The SMILES string of the molecule is CC(C)CC(CN)NC(=O)c1cc(-c2ccco2)on1.Cl. The van der Waals surface area contributed by atoms with Crippen LogP contribution in [0.15, 0.2) is 33.4 Å². The van der Waals surface area contributed by atoms with Crippen LogP contribution in [0.2, 0.25) is 0 Å². The molecule has 1 amide bonds. The Balaban J connectivity index is 0.00000220. The van der Waals surface area contributed by atoms with E-state index in [0.29, 0.717) is 24.0 Å². The summed E-state index contributed by atoms with van der Waals surface area (Å²) in [5.74, 6) is 1.13. The van der Waals surface area contributed by atoms with Crippen molar-refractivity contribution in [1.29, 1.82) is 0 Å². The number of carbonyl (C=O) groups excluding carboxylic acids is 1. The summed E-state index contributed by atoms with van der Waals surface area (Å²) >= 11 is 0. The summed E-state index contributed by atoms with van der Waals surface area (Å²) in [4.78, 5) is 12.1. The van der Waals surface area contributed by atoms with Crippen molar-refractivity contribution in [1.82, 2.24) is 10.5 Å². The maximum atomic E-state index is 12.1. The van der Waals surface area contributed by atoms with Crippen LogP contribution in [-0.4, -0.2) is 23.7 Å². The minimum absolute atomic E-state index is 0. The van der Waals surface area contributed by atoms with Crippen LogP contribution in [0.1, 0.15) is 30.8 Å². The Morgan fingerprint density at radius 3 is 2.76 bits per heavy atom. The molecule has 116 valence electrons. The summed E-state index contributed by atoms with van der Waals surface area (Å²) in [6, 6.07) is 4.97. The summed E-state index contributed by atoms with van der Waals surface area (Å²) in [7, 11) is 0. The number of nitrogens with zero attached hydrogens (tertiary/aromatic N) is 1. The van der Waals surface area contributed by atoms with Crippen molar-refractivity contribution in [2.24, 2.45) is 11.7 Å². The number of aromatic nitrogens is 1. The minimum Gasteiger partial charge on any atom is -0.461 e. The van der Waals surface area contributed by atoms with Gasteiger partial charge in [-0.3, -0.25) is 4.79 Å². The topological polar surface area (TPSA) is 94.3 Å². The first-order valence-electron chi connectivity index (χ1n) is 6.61. The van der Waals surface area contributed by atoms with E-state index < -0.39 is 0 Å². The van der Waals surface area contributed by atoms with E-state index in [1.54, 1.807) is 18.2 Å². The molecule has 2 heterocycles. The summed E-state index contributed by atoms with van der Waals surface area (Å²) < 4.78 is 10.3. The first-order chi connectivity index (χ1) is 9.60. The highest BCUT2D eigenvalue weighted by molar-refractivity contribution is 5.93. The molecule has 7 heteroatoms. The van der Waals surface area contributed by atoms with Crippen LogP contribution in [0.3, 0.4) is 0 Å². The predicted octanol–water partition coefficient (Wildman–Crippen LogP) is 2.46. The van der Waals surface area contributed by atoms with Gasteiger partial charge in [-0.15, -0.1) is 12.4 Å². The molecule has 1 atom stereocenters. The number of carbonyl (C=O) groups is 1. The van der Waals surface area contributed by atoms with Crippen LogP contribution in [0, 0.1) is 5.92 Å². The van der Waals surface area contributed by atoms with Crippen LogP contribution in [0.25, 0.3) is 11.5 Å². The Morgan fingerprint density at radius 2 is 2.19 bits per heavy atom. The average Bonchev–Trinajstić information content (AvgIpc) is 3.07. The zero-order valence-electron chi connectivity index (χ0n) is 12.0. The maximum absolute atomic E-state index is 12.1. The first kappa shape index (κ1) is 17.3. The van der Waals surface area contributed by atoms with Gasteiger partial charge in [-0.1, -0.05) is 19.0 Å². The van der Waals surface area contributed by atoms with Crippen LogP contribution in [0.5, 0.6) is 0 Å². The van der Waals surface area contributed by atoms with Crippen molar-refractivity contribution in [2.45, 2.75) is 26.3 Å². The summed E-state index contributed by atoms with van der Waals surface area (Å²) in [5.41, 5.74) is 5.88. The van der Waals surface area contributed by atoms with Gasteiger partial charge in [0, 0.05) is 18.7 Å². The van der Waals surface area contributed by atoms with E-state index in [4.69, 9.17) is 14.7 Å². The van der Waals surface area contributed by atoms with E-state index in [-0.39, 0.29) is 30.0 Å². The fourth-order valence-corrected chi connectivity index (χ4v) is 1.96. The molecule has 0 aromatic carbocycles. The van der Waals surface area contributed by atoms with Crippen molar-refractivity contribution in [3.63, 3.8) is 0 Å². The number of nitrogens with one attached hydrogen (secondary N) is 1. The smallest absolute Gasteiger partial charge is 0.273 e. The zero-order chi connectivity index (χ0) is 14.5. The molecule has 0 bridgehead atoms. The molecule has 0 fully saturated rings. The Morgan fingerprint density at radius 1 is 1.43 bits per heavy atom. The van der Waals surface area contributed by atoms with Gasteiger partial charge in [0.1, 0.15) is 0 Å². The fraction of sp³-hybridized carbons (Fsp3) is 0.429. The van der Waals surface area contributed by atoms with Crippen LogP contribution < -0.4 is 11.1 Å². The summed E-state index contributed by atoms with van der Waals surface area (Å²) in [6.07, 6.45) is 2.36. The number of halogens is 1. The van der Waals surface area contributed by atoms with E-state index in [2.05, 4.69) is 24.3 Å². The van der Waals surface area contributed by atoms with Crippen LogP contribution >= 0.6 is 12.4 Å². The van der Waals surface area contributed by atoms with Gasteiger partial charge in [-0.05, 0) is 24.5 Å². The second-order valence-electron chi connectivity index (χ2n) is 5.09. The highest BCUT2D eigenvalue weighted by atomic mass is 35.5. The van der Waals surface area contributed by atoms with Crippen molar-refractivity contribution >= 4 is 18.3 Å².